The second-order valence-corrected chi connectivity index (χ2v) is 7.09. The molecule has 0 saturated carbocycles. The molecule has 3 rings (SSSR count). The summed E-state index contributed by atoms with van der Waals surface area (Å²) in [6.07, 6.45) is 0.605. The van der Waals surface area contributed by atoms with Crippen LogP contribution in [0, 0.1) is 6.92 Å². The zero-order chi connectivity index (χ0) is 16.6. The van der Waals surface area contributed by atoms with Gasteiger partial charge in [0, 0.05) is 6.54 Å². The van der Waals surface area contributed by atoms with Gasteiger partial charge in [-0.15, -0.1) is 0 Å². The maximum atomic E-state index is 12.3. The number of rotatable bonds is 1. The molecule has 2 aromatic carbocycles. The van der Waals surface area contributed by atoms with Crippen molar-refractivity contribution in [2.24, 2.45) is 0 Å². The minimum atomic E-state index is -0.471. The maximum Gasteiger partial charge on any atom is 0.414 e. The molecule has 1 heterocycles. The van der Waals surface area contributed by atoms with Crippen LogP contribution in [0.25, 0.3) is 11.1 Å². The van der Waals surface area contributed by atoms with Crippen LogP contribution in [0.2, 0.25) is 0 Å². The van der Waals surface area contributed by atoms with E-state index in [1.807, 2.05) is 26.8 Å². The lowest BCUT2D eigenvalue weighted by atomic mass is 10.0. The average Bonchev–Trinajstić information content (AvgIpc) is 2.88. The van der Waals surface area contributed by atoms with Crippen molar-refractivity contribution in [2.75, 3.05) is 11.4 Å². The summed E-state index contributed by atoms with van der Waals surface area (Å²) < 4.78 is 5.50. The summed E-state index contributed by atoms with van der Waals surface area (Å²) in [4.78, 5) is 14.1. The number of hydrogen-bond acceptors (Lipinski definition) is 2. The van der Waals surface area contributed by atoms with E-state index in [4.69, 9.17) is 4.74 Å². The highest BCUT2D eigenvalue weighted by molar-refractivity contribution is 5.91. The molecule has 0 N–H and O–H groups in total. The summed E-state index contributed by atoms with van der Waals surface area (Å²) in [6.45, 7) is 8.46. The Balaban J connectivity index is 1.87. The van der Waals surface area contributed by atoms with Crippen molar-refractivity contribution in [1.29, 1.82) is 0 Å². The smallest absolute Gasteiger partial charge is 0.414 e. The van der Waals surface area contributed by atoms with E-state index in [2.05, 4.69) is 43.3 Å². The highest BCUT2D eigenvalue weighted by Crippen LogP contribution is 2.33. The monoisotopic (exact) mass is 309 g/mol. The molecular weight excluding hydrogens is 286 g/mol. The molecule has 0 aliphatic carbocycles. The van der Waals surface area contributed by atoms with E-state index >= 15 is 0 Å². The standard InChI is InChI=1S/C20H23NO2/c1-14-6-5-7-15(12-14)16-8-9-18-17(13-16)10-11-21(18)19(22)23-20(2,3)4/h5-9,12-13H,10-11H2,1-4H3. The second kappa shape index (κ2) is 5.73. The van der Waals surface area contributed by atoms with E-state index in [0.29, 0.717) is 6.54 Å². The summed E-state index contributed by atoms with van der Waals surface area (Å²) >= 11 is 0. The second-order valence-electron chi connectivity index (χ2n) is 7.09. The van der Waals surface area contributed by atoms with E-state index in [-0.39, 0.29) is 6.09 Å². The number of benzene rings is 2. The zero-order valence-corrected chi connectivity index (χ0v) is 14.2. The van der Waals surface area contributed by atoms with Gasteiger partial charge in [-0.05, 0) is 62.9 Å². The maximum absolute atomic E-state index is 12.3. The SMILES string of the molecule is Cc1cccc(-c2ccc3c(c2)CCN3C(=O)OC(C)(C)C)c1. The zero-order valence-electron chi connectivity index (χ0n) is 14.2. The Labute approximate surface area is 137 Å². The molecule has 3 nitrogen and oxygen atoms in total. The van der Waals surface area contributed by atoms with Crippen LogP contribution >= 0.6 is 0 Å². The van der Waals surface area contributed by atoms with Gasteiger partial charge >= 0.3 is 6.09 Å². The molecule has 0 spiro atoms. The summed E-state index contributed by atoms with van der Waals surface area (Å²) in [5, 5.41) is 0. The molecule has 0 bridgehead atoms. The van der Waals surface area contributed by atoms with Crippen molar-refractivity contribution in [3.05, 3.63) is 53.6 Å². The molecular formula is C20H23NO2. The predicted octanol–water partition coefficient (Wildman–Crippen LogP) is 4.96. The van der Waals surface area contributed by atoms with E-state index in [9.17, 15) is 4.79 Å². The van der Waals surface area contributed by atoms with Gasteiger partial charge in [0.2, 0.25) is 0 Å². The van der Waals surface area contributed by atoms with E-state index in [1.165, 1.54) is 22.3 Å². The van der Waals surface area contributed by atoms with Gasteiger partial charge in [-0.1, -0.05) is 35.9 Å². The van der Waals surface area contributed by atoms with Gasteiger partial charge in [-0.2, -0.15) is 0 Å². The number of nitrogens with zero attached hydrogens (tertiary/aromatic N) is 1. The molecule has 0 aromatic heterocycles. The first-order chi connectivity index (χ1) is 10.8. The molecule has 1 aliphatic heterocycles. The van der Waals surface area contributed by atoms with Crippen LogP contribution in [0.1, 0.15) is 31.9 Å². The Kier molecular flexibility index (Phi) is 3.88. The normalized spacial score (nSPS) is 13.8. The van der Waals surface area contributed by atoms with Crippen LogP contribution < -0.4 is 4.90 Å². The van der Waals surface area contributed by atoms with Gasteiger partial charge in [-0.3, -0.25) is 4.90 Å². The van der Waals surface area contributed by atoms with Crippen molar-refractivity contribution in [3.8, 4) is 11.1 Å². The molecule has 0 radical (unpaired) electrons. The number of carbonyl (C=O) groups is 1. The topological polar surface area (TPSA) is 29.5 Å². The molecule has 23 heavy (non-hydrogen) atoms. The van der Waals surface area contributed by atoms with E-state index in [1.54, 1.807) is 4.90 Å². The van der Waals surface area contributed by atoms with Crippen molar-refractivity contribution in [3.63, 3.8) is 0 Å². The predicted molar refractivity (Wildman–Crippen MR) is 93.9 cm³/mol. The van der Waals surface area contributed by atoms with Crippen LogP contribution in [0.3, 0.4) is 0 Å². The number of amides is 1. The Morgan fingerprint density at radius 3 is 2.52 bits per heavy atom. The number of anilines is 1. The number of carbonyl (C=O) groups excluding carboxylic acids is 1. The fourth-order valence-corrected chi connectivity index (χ4v) is 2.91. The molecule has 120 valence electrons. The molecule has 1 aliphatic rings. The molecule has 1 amide bonds. The van der Waals surface area contributed by atoms with Gasteiger partial charge in [0.15, 0.2) is 0 Å². The van der Waals surface area contributed by atoms with Crippen molar-refractivity contribution in [2.45, 2.75) is 39.7 Å². The van der Waals surface area contributed by atoms with Gasteiger partial charge in [0.25, 0.3) is 0 Å². The lowest BCUT2D eigenvalue weighted by molar-refractivity contribution is 0.0584. The molecule has 0 atom stereocenters. The summed E-state index contributed by atoms with van der Waals surface area (Å²) in [5.74, 6) is 0. The minimum absolute atomic E-state index is 0.264. The molecule has 0 unspecified atom stereocenters. The lowest BCUT2D eigenvalue weighted by Crippen LogP contribution is -2.35. The summed E-state index contributed by atoms with van der Waals surface area (Å²) in [5.41, 5.74) is 5.35. The number of hydrogen-bond donors (Lipinski definition) is 0. The van der Waals surface area contributed by atoms with Crippen LogP contribution in [0.15, 0.2) is 42.5 Å². The van der Waals surface area contributed by atoms with Crippen molar-refractivity contribution >= 4 is 11.8 Å². The van der Waals surface area contributed by atoms with E-state index < -0.39 is 5.60 Å². The summed E-state index contributed by atoms with van der Waals surface area (Å²) in [7, 11) is 0. The third-order valence-corrected chi connectivity index (χ3v) is 3.94. The third kappa shape index (κ3) is 3.39. The van der Waals surface area contributed by atoms with Crippen molar-refractivity contribution < 1.29 is 9.53 Å². The first-order valence-electron chi connectivity index (χ1n) is 8.04. The van der Waals surface area contributed by atoms with Gasteiger partial charge in [0.1, 0.15) is 5.60 Å². The lowest BCUT2D eigenvalue weighted by Gasteiger charge is -2.24. The highest BCUT2D eigenvalue weighted by Gasteiger charge is 2.28. The number of ether oxygens (including phenoxy) is 1. The van der Waals surface area contributed by atoms with Crippen LogP contribution in [0.5, 0.6) is 0 Å². The minimum Gasteiger partial charge on any atom is -0.443 e. The first kappa shape index (κ1) is 15.6. The van der Waals surface area contributed by atoms with E-state index in [0.717, 1.165) is 12.1 Å². The number of aryl methyl sites for hydroxylation is 1. The Hall–Kier alpha value is -2.29. The van der Waals surface area contributed by atoms with Gasteiger partial charge < -0.3 is 4.74 Å². The molecule has 3 heteroatoms. The Morgan fingerprint density at radius 2 is 1.83 bits per heavy atom. The highest BCUT2D eigenvalue weighted by atomic mass is 16.6. The van der Waals surface area contributed by atoms with Crippen LogP contribution in [-0.2, 0) is 11.2 Å². The van der Waals surface area contributed by atoms with Gasteiger partial charge in [0.05, 0.1) is 5.69 Å². The third-order valence-electron chi connectivity index (χ3n) is 3.94. The first-order valence-corrected chi connectivity index (χ1v) is 8.04. The fraction of sp³-hybridized carbons (Fsp3) is 0.350. The van der Waals surface area contributed by atoms with Gasteiger partial charge in [-0.25, -0.2) is 4.79 Å². The van der Waals surface area contributed by atoms with Crippen molar-refractivity contribution in [1.82, 2.24) is 0 Å². The quantitative estimate of drug-likeness (QED) is 0.745. The fourth-order valence-electron chi connectivity index (χ4n) is 2.91. The molecule has 2 aromatic rings. The largest absolute Gasteiger partial charge is 0.443 e. The average molecular weight is 309 g/mol. The molecule has 0 fully saturated rings. The van der Waals surface area contributed by atoms with Crippen LogP contribution in [0.4, 0.5) is 10.5 Å². The number of fused-ring (bicyclic) bond motifs is 1. The Morgan fingerprint density at radius 1 is 1.09 bits per heavy atom. The Bertz CT molecular complexity index is 744. The van der Waals surface area contributed by atoms with Crippen LogP contribution in [-0.4, -0.2) is 18.2 Å². The summed E-state index contributed by atoms with van der Waals surface area (Å²) in [6, 6.07) is 14.8. The molecule has 0 saturated heterocycles.